The summed E-state index contributed by atoms with van der Waals surface area (Å²) >= 11 is 0. The van der Waals surface area contributed by atoms with Crippen LogP contribution in [-0.2, 0) is 9.59 Å². The van der Waals surface area contributed by atoms with E-state index in [4.69, 9.17) is 0 Å². The Morgan fingerprint density at radius 1 is 0.875 bits per heavy atom. The van der Waals surface area contributed by atoms with Crippen molar-refractivity contribution in [2.24, 2.45) is 17.3 Å². The lowest BCUT2D eigenvalue weighted by atomic mass is 9.79. The summed E-state index contributed by atoms with van der Waals surface area (Å²) in [6.45, 7) is 8.57. The number of carbonyl (C=O) groups is 2. The Balaban J connectivity index is 4.21. The standard InChI is InChI=1S/C14H26O2/c1-12(2)6-5-8-14(10-15,11-16)9-7-13(3)4/h10-13H,5-9H2,1-4H3. The molecule has 0 spiro atoms. The zero-order valence-corrected chi connectivity index (χ0v) is 11.2. The van der Waals surface area contributed by atoms with E-state index in [9.17, 15) is 9.59 Å². The van der Waals surface area contributed by atoms with Gasteiger partial charge in [-0.25, -0.2) is 0 Å². The molecule has 16 heavy (non-hydrogen) atoms. The highest BCUT2D eigenvalue weighted by atomic mass is 16.1. The van der Waals surface area contributed by atoms with Crippen molar-refractivity contribution >= 4 is 12.6 Å². The van der Waals surface area contributed by atoms with Gasteiger partial charge >= 0.3 is 0 Å². The maximum Gasteiger partial charge on any atom is 0.133 e. The van der Waals surface area contributed by atoms with Gasteiger partial charge < -0.3 is 9.59 Å². The SMILES string of the molecule is CC(C)CCCC(C=O)(C=O)CCC(C)C. The van der Waals surface area contributed by atoms with Crippen molar-refractivity contribution in [2.75, 3.05) is 0 Å². The topological polar surface area (TPSA) is 34.1 Å². The molecule has 0 aromatic carbocycles. The molecule has 0 N–H and O–H groups in total. The van der Waals surface area contributed by atoms with Gasteiger partial charge in [-0.1, -0.05) is 40.5 Å². The van der Waals surface area contributed by atoms with Gasteiger partial charge in [0.25, 0.3) is 0 Å². The molecule has 0 unspecified atom stereocenters. The molecule has 0 saturated carbocycles. The van der Waals surface area contributed by atoms with Crippen LogP contribution in [0.5, 0.6) is 0 Å². The van der Waals surface area contributed by atoms with Crippen LogP contribution < -0.4 is 0 Å². The van der Waals surface area contributed by atoms with Gasteiger partial charge in [-0.3, -0.25) is 0 Å². The summed E-state index contributed by atoms with van der Waals surface area (Å²) in [7, 11) is 0. The van der Waals surface area contributed by atoms with Crippen LogP contribution in [0.4, 0.5) is 0 Å². The second-order valence-corrected chi connectivity index (χ2v) is 5.69. The van der Waals surface area contributed by atoms with Crippen molar-refractivity contribution in [3.63, 3.8) is 0 Å². The van der Waals surface area contributed by atoms with Gasteiger partial charge in [0.1, 0.15) is 12.6 Å². The number of hydrogen-bond acceptors (Lipinski definition) is 2. The Morgan fingerprint density at radius 3 is 1.75 bits per heavy atom. The molecule has 2 nitrogen and oxygen atoms in total. The third-order valence-electron chi connectivity index (χ3n) is 3.08. The molecule has 0 fully saturated rings. The molecule has 0 aromatic heterocycles. The third kappa shape index (κ3) is 6.04. The van der Waals surface area contributed by atoms with Crippen LogP contribution in [0.25, 0.3) is 0 Å². The van der Waals surface area contributed by atoms with Gasteiger partial charge in [0.2, 0.25) is 0 Å². The van der Waals surface area contributed by atoms with Crippen LogP contribution >= 0.6 is 0 Å². The molecule has 94 valence electrons. The molecule has 0 radical (unpaired) electrons. The van der Waals surface area contributed by atoms with Crippen LogP contribution in [0.1, 0.15) is 59.8 Å². The maximum absolute atomic E-state index is 11.1. The molecular weight excluding hydrogens is 200 g/mol. The minimum absolute atomic E-state index is 0.546. The summed E-state index contributed by atoms with van der Waals surface area (Å²) < 4.78 is 0. The van der Waals surface area contributed by atoms with E-state index < -0.39 is 5.41 Å². The summed E-state index contributed by atoms with van der Waals surface area (Å²) in [6.07, 6.45) is 6.14. The lowest BCUT2D eigenvalue weighted by molar-refractivity contribution is -0.127. The average Bonchev–Trinajstić information content (AvgIpc) is 2.23. The molecule has 0 amide bonds. The quantitative estimate of drug-likeness (QED) is 0.444. The van der Waals surface area contributed by atoms with E-state index in [-0.39, 0.29) is 0 Å². The van der Waals surface area contributed by atoms with E-state index in [0.717, 1.165) is 31.8 Å². The second kappa shape index (κ2) is 7.59. The fourth-order valence-corrected chi connectivity index (χ4v) is 1.79. The smallest absolute Gasteiger partial charge is 0.133 e. The Labute approximate surface area is 99.8 Å². The Hall–Kier alpha value is -0.660. The van der Waals surface area contributed by atoms with Crippen LogP contribution in [0.3, 0.4) is 0 Å². The number of aldehydes is 2. The zero-order chi connectivity index (χ0) is 12.6. The van der Waals surface area contributed by atoms with Gasteiger partial charge in [0.15, 0.2) is 0 Å². The minimum Gasteiger partial charge on any atom is -0.302 e. The third-order valence-corrected chi connectivity index (χ3v) is 3.08. The lowest BCUT2D eigenvalue weighted by Crippen LogP contribution is -2.25. The first-order valence-corrected chi connectivity index (χ1v) is 6.38. The van der Waals surface area contributed by atoms with E-state index in [2.05, 4.69) is 27.7 Å². The van der Waals surface area contributed by atoms with Crippen molar-refractivity contribution in [1.29, 1.82) is 0 Å². The summed E-state index contributed by atoms with van der Waals surface area (Å²) in [4.78, 5) is 22.2. The molecule has 0 saturated heterocycles. The fourth-order valence-electron chi connectivity index (χ4n) is 1.79. The first kappa shape index (κ1) is 15.3. The Morgan fingerprint density at radius 2 is 1.38 bits per heavy atom. The van der Waals surface area contributed by atoms with Crippen LogP contribution in [-0.4, -0.2) is 12.6 Å². The van der Waals surface area contributed by atoms with E-state index in [1.807, 2.05) is 0 Å². The van der Waals surface area contributed by atoms with Crippen molar-refractivity contribution in [1.82, 2.24) is 0 Å². The lowest BCUT2D eigenvalue weighted by Gasteiger charge is -2.22. The predicted octanol–water partition coefficient (Wildman–Crippen LogP) is 3.63. The fraction of sp³-hybridized carbons (Fsp3) is 0.857. The highest BCUT2D eigenvalue weighted by molar-refractivity contribution is 5.83. The molecule has 0 heterocycles. The molecular formula is C14H26O2. The number of carbonyl (C=O) groups excluding carboxylic acids is 2. The summed E-state index contributed by atoms with van der Waals surface area (Å²) in [5.41, 5.74) is -0.709. The first-order chi connectivity index (χ1) is 7.45. The van der Waals surface area contributed by atoms with Crippen molar-refractivity contribution in [3.05, 3.63) is 0 Å². The molecule has 0 aliphatic heterocycles. The first-order valence-electron chi connectivity index (χ1n) is 6.38. The van der Waals surface area contributed by atoms with Gasteiger partial charge in [0.05, 0.1) is 5.41 Å². The van der Waals surface area contributed by atoms with Crippen LogP contribution in [0.15, 0.2) is 0 Å². The van der Waals surface area contributed by atoms with E-state index in [1.54, 1.807) is 0 Å². The van der Waals surface area contributed by atoms with Crippen LogP contribution in [0, 0.1) is 17.3 Å². The molecule has 0 aliphatic rings. The normalized spacial score (nSPS) is 12.1. The monoisotopic (exact) mass is 226 g/mol. The average molecular weight is 226 g/mol. The zero-order valence-electron chi connectivity index (χ0n) is 11.2. The van der Waals surface area contributed by atoms with Crippen molar-refractivity contribution in [3.8, 4) is 0 Å². The molecule has 0 aliphatic carbocycles. The van der Waals surface area contributed by atoms with Crippen LogP contribution in [0.2, 0.25) is 0 Å². The second-order valence-electron chi connectivity index (χ2n) is 5.69. The van der Waals surface area contributed by atoms with Crippen molar-refractivity contribution in [2.45, 2.75) is 59.8 Å². The van der Waals surface area contributed by atoms with E-state index in [1.165, 1.54) is 0 Å². The number of hydrogen-bond donors (Lipinski definition) is 0. The molecule has 0 aromatic rings. The summed E-state index contributed by atoms with van der Waals surface area (Å²) in [6, 6.07) is 0. The van der Waals surface area contributed by atoms with E-state index >= 15 is 0 Å². The van der Waals surface area contributed by atoms with Gasteiger partial charge in [0, 0.05) is 0 Å². The number of rotatable bonds is 9. The summed E-state index contributed by atoms with van der Waals surface area (Å²) in [5, 5.41) is 0. The largest absolute Gasteiger partial charge is 0.302 e. The van der Waals surface area contributed by atoms with Crippen molar-refractivity contribution < 1.29 is 9.59 Å². The highest BCUT2D eigenvalue weighted by Gasteiger charge is 2.28. The van der Waals surface area contributed by atoms with Gasteiger partial charge in [-0.05, 0) is 31.1 Å². The van der Waals surface area contributed by atoms with Gasteiger partial charge in [-0.2, -0.15) is 0 Å². The molecule has 0 bridgehead atoms. The molecule has 2 heteroatoms. The van der Waals surface area contributed by atoms with Gasteiger partial charge in [-0.15, -0.1) is 0 Å². The maximum atomic E-state index is 11.1. The molecule has 0 atom stereocenters. The summed E-state index contributed by atoms with van der Waals surface area (Å²) in [5.74, 6) is 1.19. The highest BCUT2D eigenvalue weighted by Crippen LogP contribution is 2.28. The minimum atomic E-state index is -0.709. The molecule has 0 rings (SSSR count). The van der Waals surface area contributed by atoms with E-state index in [0.29, 0.717) is 24.7 Å². The Kier molecular flexibility index (Phi) is 7.27. The Bertz CT molecular complexity index is 199. The predicted molar refractivity (Wildman–Crippen MR) is 67.3 cm³/mol.